The standard InChI is InChI=1S/C14H16O2/c1-16-14(15)9-7-11-6-8-12-4-2-3-5-13(12)10-11/h2-6H,7-10H2,1H3. The van der Waals surface area contributed by atoms with Crippen molar-refractivity contribution in [3.63, 3.8) is 0 Å². The topological polar surface area (TPSA) is 26.3 Å². The van der Waals surface area contributed by atoms with Crippen LogP contribution in [-0.4, -0.2) is 13.1 Å². The quantitative estimate of drug-likeness (QED) is 0.573. The Balaban J connectivity index is 1.96. The molecule has 2 heteroatoms. The van der Waals surface area contributed by atoms with Gasteiger partial charge in [0.1, 0.15) is 0 Å². The van der Waals surface area contributed by atoms with Gasteiger partial charge in [0.25, 0.3) is 0 Å². The van der Waals surface area contributed by atoms with Gasteiger partial charge in [-0.15, -0.1) is 0 Å². The molecule has 0 saturated heterocycles. The van der Waals surface area contributed by atoms with Gasteiger partial charge in [-0.25, -0.2) is 0 Å². The SMILES string of the molecule is COC(=O)CCC1=CCc2ccccc2C1. The molecule has 2 rings (SSSR count). The van der Waals surface area contributed by atoms with Gasteiger partial charge in [0.05, 0.1) is 7.11 Å². The number of allylic oxidation sites excluding steroid dienone is 2. The van der Waals surface area contributed by atoms with Crippen LogP contribution in [0.3, 0.4) is 0 Å². The van der Waals surface area contributed by atoms with Crippen molar-refractivity contribution in [3.05, 3.63) is 47.0 Å². The lowest BCUT2D eigenvalue weighted by atomic mass is 9.90. The molecule has 2 nitrogen and oxygen atoms in total. The zero-order chi connectivity index (χ0) is 11.4. The number of methoxy groups -OCH3 is 1. The molecular formula is C14H16O2. The molecule has 1 aliphatic carbocycles. The molecule has 0 saturated carbocycles. The Morgan fingerprint density at radius 2 is 2.06 bits per heavy atom. The molecule has 0 atom stereocenters. The lowest BCUT2D eigenvalue weighted by Crippen LogP contribution is -2.06. The average molecular weight is 216 g/mol. The number of carbonyl (C=O) groups is 1. The summed E-state index contributed by atoms with van der Waals surface area (Å²) in [5.41, 5.74) is 4.15. The molecule has 0 amide bonds. The van der Waals surface area contributed by atoms with E-state index < -0.39 is 0 Å². The maximum atomic E-state index is 11.1. The normalized spacial score (nSPS) is 13.9. The van der Waals surface area contributed by atoms with Gasteiger partial charge < -0.3 is 4.74 Å². The Hall–Kier alpha value is -1.57. The monoisotopic (exact) mass is 216 g/mol. The number of esters is 1. The summed E-state index contributed by atoms with van der Waals surface area (Å²) in [6.07, 6.45) is 5.52. The van der Waals surface area contributed by atoms with Crippen molar-refractivity contribution < 1.29 is 9.53 Å². The van der Waals surface area contributed by atoms with Crippen LogP contribution in [0.4, 0.5) is 0 Å². The molecule has 16 heavy (non-hydrogen) atoms. The van der Waals surface area contributed by atoms with Crippen LogP contribution in [-0.2, 0) is 22.4 Å². The smallest absolute Gasteiger partial charge is 0.305 e. The molecular weight excluding hydrogens is 200 g/mol. The van der Waals surface area contributed by atoms with Gasteiger partial charge in [-0.2, -0.15) is 0 Å². The van der Waals surface area contributed by atoms with Gasteiger partial charge >= 0.3 is 5.97 Å². The van der Waals surface area contributed by atoms with Gasteiger partial charge in [-0.3, -0.25) is 4.79 Å². The Morgan fingerprint density at radius 1 is 1.31 bits per heavy atom. The first-order valence-electron chi connectivity index (χ1n) is 5.61. The Morgan fingerprint density at radius 3 is 2.81 bits per heavy atom. The van der Waals surface area contributed by atoms with Crippen molar-refractivity contribution >= 4 is 5.97 Å². The number of hydrogen-bond donors (Lipinski definition) is 0. The van der Waals surface area contributed by atoms with Crippen LogP contribution in [0.25, 0.3) is 0 Å². The first-order chi connectivity index (χ1) is 7.79. The van der Waals surface area contributed by atoms with Crippen LogP contribution in [0.1, 0.15) is 24.0 Å². The van der Waals surface area contributed by atoms with Crippen LogP contribution in [0.5, 0.6) is 0 Å². The van der Waals surface area contributed by atoms with Crippen molar-refractivity contribution in [2.24, 2.45) is 0 Å². The van der Waals surface area contributed by atoms with Crippen molar-refractivity contribution in [2.75, 3.05) is 7.11 Å². The van der Waals surface area contributed by atoms with E-state index in [2.05, 4.69) is 35.1 Å². The molecule has 0 aromatic heterocycles. The minimum atomic E-state index is -0.125. The van der Waals surface area contributed by atoms with Crippen LogP contribution in [0.2, 0.25) is 0 Å². The summed E-state index contributed by atoms with van der Waals surface area (Å²) >= 11 is 0. The first-order valence-corrected chi connectivity index (χ1v) is 5.61. The first kappa shape index (κ1) is 10.9. The average Bonchev–Trinajstić information content (AvgIpc) is 2.35. The summed E-state index contributed by atoms with van der Waals surface area (Å²) < 4.78 is 4.64. The van der Waals surface area contributed by atoms with Crippen molar-refractivity contribution in [1.82, 2.24) is 0 Å². The van der Waals surface area contributed by atoms with Crippen LogP contribution in [0.15, 0.2) is 35.9 Å². The highest BCUT2D eigenvalue weighted by atomic mass is 16.5. The van der Waals surface area contributed by atoms with Crippen LogP contribution >= 0.6 is 0 Å². The number of rotatable bonds is 3. The Kier molecular flexibility index (Phi) is 3.40. The highest BCUT2D eigenvalue weighted by Crippen LogP contribution is 2.23. The summed E-state index contributed by atoms with van der Waals surface area (Å²) in [6, 6.07) is 8.48. The van der Waals surface area contributed by atoms with Crippen molar-refractivity contribution in [1.29, 1.82) is 0 Å². The predicted octanol–water partition coefficient (Wildman–Crippen LogP) is 2.66. The van der Waals surface area contributed by atoms with Gasteiger partial charge in [0, 0.05) is 6.42 Å². The van der Waals surface area contributed by atoms with Crippen molar-refractivity contribution in [3.8, 4) is 0 Å². The minimum absolute atomic E-state index is 0.125. The van der Waals surface area contributed by atoms with Crippen molar-refractivity contribution in [2.45, 2.75) is 25.7 Å². The zero-order valence-electron chi connectivity index (χ0n) is 9.53. The molecule has 84 valence electrons. The number of hydrogen-bond acceptors (Lipinski definition) is 2. The third kappa shape index (κ3) is 2.51. The van der Waals surface area contributed by atoms with Gasteiger partial charge in [-0.1, -0.05) is 35.9 Å². The highest BCUT2D eigenvalue weighted by molar-refractivity contribution is 5.69. The third-order valence-corrected chi connectivity index (χ3v) is 3.02. The number of ether oxygens (including phenoxy) is 1. The number of benzene rings is 1. The molecule has 0 bridgehead atoms. The van der Waals surface area contributed by atoms with Gasteiger partial charge in [0.2, 0.25) is 0 Å². The summed E-state index contributed by atoms with van der Waals surface area (Å²) in [7, 11) is 1.44. The van der Waals surface area contributed by atoms with E-state index in [0.29, 0.717) is 6.42 Å². The molecule has 1 aromatic carbocycles. The molecule has 0 heterocycles. The van der Waals surface area contributed by atoms with Gasteiger partial charge in [0.15, 0.2) is 0 Å². The second-order valence-electron chi connectivity index (χ2n) is 4.09. The molecule has 0 spiro atoms. The van der Waals surface area contributed by atoms with E-state index in [1.54, 1.807) is 0 Å². The molecule has 0 N–H and O–H groups in total. The fraction of sp³-hybridized carbons (Fsp3) is 0.357. The number of carbonyl (C=O) groups excluding carboxylic acids is 1. The fourth-order valence-corrected chi connectivity index (χ4v) is 2.06. The largest absolute Gasteiger partial charge is 0.469 e. The van der Waals surface area contributed by atoms with E-state index in [4.69, 9.17) is 0 Å². The molecule has 1 aromatic rings. The van der Waals surface area contributed by atoms with E-state index in [9.17, 15) is 4.79 Å². The van der Waals surface area contributed by atoms with E-state index in [-0.39, 0.29) is 5.97 Å². The lowest BCUT2D eigenvalue weighted by Gasteiger charge is -2.16. The number of fused-ring (bicyclic) bond motifs is 1. The second-order valence-corrected chi connectivity index (χ2v) is 4.09. The van der Waals surface area contributed by atoms with E-state index in [1.165, 1.54) is 23.8 Å². The molecule has 0 unspecified atom stereocenters. The molecule has 0 fully saturated rings. The van der Waals surface area contributed by atoms with E-state index in [0.717, 1.165) is 19.3 Å². The zero-order valence-corrected chi connectivity index (χ0v) is 9.53. The summed E-state index contributed by atoms with van der Waals surface area (Å²) in [5.74, 6) is -0.125. The second kappa shape index (κ2) is 4.97. The maximum Gasteiger partial charge on any atom is 0.305 e. The van der Waals surface area contributed by atoms with E-state index >= 15 is 0 Å². The third-order valence-electron chi connectivity index (χ3n) is 3.02. The molecule has 1 aliphatic rings. The molecule has 0 aliphatic heterocycles. The summed E-state index contributed by atoms with van der Waals surface area (Å²) in [5, 5.41) is 0. The van der Waals surface area contributed by atoms with Gasteiger partial charge in [-0.05, 0) is 30.4 Å². The summed E-state index contributed by atoms with van der Waals surface area (Å²) in [6.45, 7) is 0. The fourth-order valence-electron chi connectivity index (χ4n) is 2.06. The predicted molar refractivity (Wildman–Crippen MR) is 63.2 cm³/mol. The minimum Gasteiger partial charge on any atom is -0.469 e. The highest BCUT2D eigenvalue weighted by Gasteiger charge is 2.11. The maximum absolute atomic E-state index is 11.1. The molecule has 0 radical (unpaired) electrons. The van der Waals surface area contributed by atoms with Crippen LogP contribution < -0.4 is 0 Å². The Labute approximate surface area is 95.9 Å². The Bertz CT molecular complexity index is 418. The van der Waals surface area contributed by atoms with E-state index in [1.807, 2.05) is 0 Å². The summed E-state index contributed by atoms with van der Waals surface area (Å²) in [4.78, 5) is 11.1. The van der Waals surface area contributed by atoms with Crippen LogP contribution in [0, 0.1) is 0 Å². The lowest BCUT2D eigenvalue weighted by molar-refractivity contribution is -0.140.